The van der Waals surface area contributed by atoms with Crippen LogP contribution in [0.15, 0.2) is 84.0 Å². The first-order chi connectivity index (χ1) is 12.6. The Hall–Kier alpha value is -2.98. The molecule has 3 rings (SSSR count). The molecule has 0 spiro atoms. The summed E-state index contributed by atoms with van der Waals surface area (Å²) in [5.74, 6) is 0. The molecule has 0 unspecified atom stereocenters. The number of hydrazone groups is 1. The molecule has 0 aliphatic rings. The molecule has 0 aliphatic carbocycles. The van der Waals surface area contributed by atoms with Gasteiger partial charge in [0, 0.05) is 5.69 Å². The highest BCUT2D eigenvalue weighted by atomic mass is 32.1. The van der Waals surface area contributed by atoms with Crippen LogP contribution in [0.1, 0.15) is 18.1 Å². The fourth-order valence-corrected chi connectivity index (χ4v) is 2.75. The van der Waals surface area contributed by atoms with E-state index >= 15 is 0 Å². The van der Waals surface area contributed by atoms with E-state index < -0.39 is 0 Å². The molecule has 130 valence electrons. The lowest BCUT2D eigenvalue weighted by atomic mass is 10.0. The van der Waals surface area contributed by atoms with Gasteiger partial charge in [-0.15, -0.1) is 0 Å². The van der Waals surface area contributed by atoms with Crippen molar-refractivity contribution in [3.63, 3.8) is 0 Å². The number of nitrogens with one attached hydrogen (secondary N) is 2. The molecule has 4 heteroatoms. The monoisotopic (exact) mass is 359 g/mol. The van der Waals surface area contributed by atoms with Crippen LogP contribution in [0.2, 0.25) is 0 Å². The van der Waals surface area contributed by atoms with E-state index in [0.717, 1.165) is 22.5 Å². The van der Waals surface area contributed by atoms with Gasteiger partial charge in [0.2, 0.25) is 0 Å². The number of anilines is 1. The Labute approximate surface area is 159 Å². The van der Waals surface area contributed by atoms with Crippen LogP contribution in [-0.4, -0.2) is 10.8 Å². The minimum absolute atomic E-state index is 0.472. The zero-order valence-electron chi connectivity index (χ0n) is 14.9. The summed E-state index contributed by atoms with van der Waals surface area (Å²) in [7, 11) is 0. The molecule has 0 aliphatic heterocycles. The normalized spacial score (nSPS) is 11.1. The number of thiocarbonyl (C=S) groups is 1. The predicted molar refractivity (Wildman–Crippen MR) is 115 cm³/mol. The first-order valence-corrected chi connectivity index (χ1v) is 8.87. The fourth-order valence-electron chi connectivity index (χ4n) is 2.60. The molecular weight excluding hydrogens is 338 g/mol. The summed E-state index contributed by atoms with van der Waals surface area (Å²) in [6, 6.07) is 26.7. The number of aryl methyl sites for hydroxylation is 1. The molecule has 3 aromatic rings. The van der Waals surface area contributed by atoms with Gasteiger partial charge in [-0.1, -0.05) is 72.8 Å². The summed E-state index contributed by atoms with van der Waals surface area (Å²) in [6.45, 7) is 3.99. The molecule has 0 atom stereocenters. The summed E-state index contributed by atoms with van der Waals surface area (Å²) >= 11 is 5.32. The molecule has 0 aromatic heterocycles. The number of hydrogen-bond acceptors (Lipinski definition) is 2. The summed E-state index contributed by atoms with van der Waals surface area (Å²) in [5, 5.41) is 8.02. The Morgan fingerprint density at radius 1 is 0.808 bits per heavy atom. The quantitative estimate of drug-likeness (QED) is 0.373. The van der Waals surface area contributed by atoms with E-state index in [-0.39, 0.29) is 0 Å². The molecule has 3 nitrogen and oxygen atoms in total. The van der Waals surface area contributed by atoms with Gasteiger partial charge in [-0.25, -0.2) is 0 Å². The average Bonchev–Trinajstić information content (AvgIpc) is 2.69. The first-order valence-electron chi connectivity index (χ1n) is 8.46. The van der Waals surface area contributed by atoms with Gasteiger partial charge >= 0.3 is 0 Å². The maximum Gasteiger partial charge on any atom is 0.191 e. The van der Waals surface area contributed by atoms with E-state index in [2.05, 4.69) is 52.2 Å². The van der Waals surface area contributed by atoms with Gasteiger partial charge in [-0.3, -0.25) is 5.43 Å². The highest BCUT2D eigenvalue weighted by Gasteiger charge is 2.02. The zero-order chi connectivity index (χ0) is 18.4. The number of rotatable bonds is 4. The highest BCUT2D eigenvalue weighted by Crippen LogP contribution is 2.19. The Kier molecular flexibility index (Phi) is 5.77. The lowest BCUT2D eigenvalue weighted by Crippen LogP contribution is -2.25. The van der Waals surface area contributed by atoms with Crippen molar-refractivity contribution in [3.05, 3.63) is 90.0 Å². The Bertz CT molecular complexity index is 916. The van der Waals surface area contributed by atoms with Crippen LogP contribution in [0.5, 0.6) is 0 Å². The minimum Gasteiger partial charge on any atom is -0.331 e. The van der Waals surface area contributed by atoms with Crippen molar-refractivity contribution in [2.45, 2.75) is 13.8 Å². The van der Waals surface area contributed by atoms with Gasteiger partial charge < -0.3 is 5.32 Å². The molecule has 3 aromatic carbocycles. The average molecular weight is 359 g/mol. The van der Waals surface area contributed by atoms with E-state index in [0.29, 0.717) is 5.11 Å². The number of hydrogen-bond donors (Lipinski definition) is 2. The smallest absolute Gasteiger partial charge is 0.191 e. The van der Waals surface area contributed by atoms with Gasteiger partial charge in [0.1, 0.15) is 0 Å². The molecule has 2 N–H and O–H groups in total. The summed E-state index contributed by atoms with van der Waals surface area (Å²) in [6.07, 6.45) is 0. The van der Waals surface area contributed by atoms with Crippen LogP contribution < -0.4 is 10.7 Å². The predicted octanol–water partition coefficient (Wildman–Crippen LogP) is 5.37. The maximum atomic E-state index is 5.32. The van der Waals surface area contributed by atoms with Gasteiger partial charge in [0.25, 0.3) is 0 Å². The van der Waals surface area contributed by atoms with E-state index in [1.54, 1.807) is 0 Å². The van der Waals surface area contributed by atoms with Crippen LogP contribution in [-0.2, 0) is 0 Å². The molecule has 0 bridgehead atoms. The molecule has 0 fully saturated rings. The first kappa shape index (κ1) is 17.8. The second-order valence-corrected chi connectivity index (χ2v) is 6.43. The molecule has 26 heavy (non-hydrogen) atoms. The number of nitrogens with zero attached hydrogens (tertiary/aromatic N) is 1. The third kappa shape index (κ3) is 4.55. The van der Waals surface area contributed by atoms with Crippen LogP contribution in [0.4, 0.5) is 5.69 Å². The lowest BCUT2D eigenvalue weighted by Gasteiger charge is -2.10. The minimum atomic E-state index is 0.472. The number of benzene rings is 3. The van der Waals surface area contributed by atoms with E-state index in [4.69, 9.17) is 12.2 Å². The van der Waals surface area contributed by atoms with Crippen molar-refractivity contribution in [2.24, 2.45) is 5.10 Å². The second kappa shape index (κ2) is 8.41. The van der Waals surface area contributed by atoms with Crippen molar-refractivity contribution in [1.82, 2.24) is 5.43 Å². The standard InChI is InChI=1S/C22H21N3S/c1-16-8-6-7-11-21(16)23-22(26)25-24-17(2)18-12-14-20(15-13-18)19-9-4-3-5-10-19/h3-15H,1-2H3,(H2,23,25,26)/b24-17-. The third-order valence-corrected chi connectivity index (χ3v) is 4.32. The molecule has 0 saturated carbocycles. The number of para-hydroxylation sites is 1. The van der Waals surface area contributed by atoms with Gasteiger partial charge in [-0.05, 0) is 54.4 Å². The Morgan fingerprint density at radius 3 is 2.12 bits per heavy atom. The second-order valence-electron chi connectivity index (χ2n) is 6.02. The lowest BCUT2D eigenvalue weighted by molar-refractivity contribution is 1.04. The van der Waals surface area contributed by atoms with E-state index in [1.165, 1.54) is 11.1 Å². The molecule has 0 saturated heterocycles. The highest BCUT2D eigenvalue weighted by molar-refractivity contribution is 7.80. The van der Waals surface area contributed by atoms with Crippen LogP contribution in [0, 0.1) is 6.92 Å². The van der Waals surface area contributed by atoms with Crippen LogP contribution >= 0.6 is 12.2 Å². The van der Waals surface area contributed by atoms with Gasteiger partial charge in [-0.2, -0.15) is 5.10 Å². The summed E-state index contributed by atoms with van der Waals surface area (Å²) in [5.41, 5.74) is 9.34. The van der Waals surface area contributed by atoms with Crippen molar-refractivity contribution in [1.29, 1.82) is 0 Å². The topological polar surface area (TPSA) is 36.4 Å². The van der Waals surface area contributed by atoms with Crippen molar-refractivity contribution in [2.75, 3.05) is 5.32 Å². The van der Waals surface area contributed by atoms with Crippen LogP contribution in [0.25, 0.3) is 11.1 Å². The van der Waals surface area contributed by atoms with Crippen molar-refractivity contribution < 1.29 is 0 Å². The molecule has 0 heterocycles. The third-order valence-electron chi connectivity index (χ3n) is 4.13. The Morgan fingerprint density at radius 2 is 1.42 bits per heavy atom. The summed E-state index contributed by atoms with van der Waals surface area (Å²) in [4.78, 5) is 0. The maximum absolute atomic E-state index is 5.32. The summed E-state index contributed by atoms with van der Waals surface area (Å²) < 4.78 is 0. The Balaban J connectivity index is 1.64. The fraction of sp³-hybridized carbons (Fsp3) is 0.0909. The zero-order valence-corrected chi connectivity index (χ0v) is 15.7. The van der Waals surface area contributed by atoms with Crippen molar-refractivity contribution in [3.8, 4) is 11.1 Å². The molecular formula is C22H21N3S. The van der Waals surface area contributed by atoms with Gasteiger partial charge in [0.15, 0.2) is 5.11 Å². The van der Waals surface area contributed by atoms with Crippen LogP contribution in [0.3, 0.4) is 0 Å². The molecule has 0 radical (unpaired) electrons. The molecule has 0 amide bonds. The van der Waals surface area contributed by atoms with E-state index in [9.17, 15) is 0 Å². The largest absolute Gasteiger partial charge is 0.331 e. The van der Waals surface area contributed by atoms with E-state index in [1.807, 2.05) is 56.3 Å². The van der Waals surface area contributed by atoms with Crippen molar-refractivity contribution >= 4 is 28.7 Å². The SMILES string of the molecule is C/C(=N/NC(=S)Nc1ccccc1C)c1ccc(-c2ccccc2)cc1. The van der Waals surface area contributed by atoms with Gasteiger partial charge in [0.05, 0.1) is 5.71 Å².